The predicted octanol–water partition coefficient (Wildman–Crippen LogP) is 1.26. The molecule has 2 fully saturated rings. The first-order valence-corrected chi connectivity index (χ1v) is 10.9. The minimum atomic E-state index is -0.716. The lowest BCUT2D eigenvalue weighted by Crippen LogP contribution is -2.50. The average molecular weight is 462 g/mol. The van der Waals surface area contributed by atoms with Crippen molar-refractivity contribution in [3.05, 3.63) is 29.8 Å². The van der Waals surface area contributed by atoms with Crippen molar-refractivity contribution < 1.29 is 28.6 Å². The molecule has 11 heteroatoms. The van der Waals surface area contributed by atoms with Crippen LogP contribution in [0.15, 0.2) is 24.3 Å². The zero-order valence-electron chi connectivity index (χ0n) is 19.2. The van der Waals surface area contributed by atoms with Gasteiger partial charge >= 0.3 is 18.2 Å². The van der Waals surface area contributed by atoms with E-state index in [1.165, 1.54) is 7.11 Å². The van der Waals surface area contributed by atoms with Crippen LogP contribution in [0, 0.1) is 5.41 Å². The number of rotatable bonds is 7. The number of hydrogen-bond donors (Lipinski definition) is 2. The van der Waals surface area contributed by atoms with Gasteiger partial charge in [-0.15, -0.1) is 0 Å². The van der Waals surface area contributed by atoms with Crippen molar-refractivity contribution in [1.82, 2.24) is 15.1 Å². The molecule has 0 aromatic heterocycles. The van der Waals surface area contributed by atoms with Crippen LogP contribution in [-0.2, 0) is 19.0 Å². The molecule has 0 bridgehead atoms. The lowest BCUT2D eigenvalue weighted by molar-refractivity contribution is -0.149. The fourth-order valence-electron chi connectivity index (χ4n) is 3.76. The summed E-state index contributed by atoms with van der Waals surface area (Å²) in [4.78, 5) is 41.3. The molecule has 2 aliphatic rings. The maximum absolute atomic E-state index is 12.4. The molecular formula is C22H31N5O6. The summed E-state index contributed by atoms with van der Waals surface area (Å²) in [6.07, 6.45) is -1.50. The van der Waals surface area contributed by atoms with Crippen LogP contribution in [0.3, 0.4) is 0 Å². The van der Waals surface area contributed by atoms with Gasteiger partial charge in [-0.25, -0.2) is 9.59 Å². The molecule has 1 unspecified atom stereocenters. The lowest BCUT2D eigenvalue weighted by atomic mass is 10.1. The smallest absolute Gasteiger partial charge is 0.414 e. The van der Waals surface area contributed by atoms with Crippen LogP contribution in [0.5, 0.6) is 0 Å². The summed E-state index contributed by atoms with van der Waals surface area (Å²) in [6.45, 7) is 8.10. The van der Waals surface area contributed by atoms with Gasteiger partial charge in [-0.05, 0) is 38.1 Å². The normalized spacial score (nSPS) is 19.3. The van der Waals surface area contributed by atoms with Gasteiger partial charge in [0, 0.05) is 44.0 Å². The number of hydrogen-bond acceptors (Lipinski definition) is 9. The van der Waals surface area contributed by atoms with Crippen LogP contribution < -0.4 is 10.2 Å². The second-order valence-corrected chi connectivity index (χ2v) is 8.27. The Balaban J connectivity index is 1.46. The Labute approximate surface area is 193 Å². The van der Waals surface area contributed by atoms with Crippen molar-refractivity contribution in [2.45, 2.75) is 26.1 Å². The third-order valence-electron chi connectivity index (χ3n) is 5.40. The number of piperazine rings is 1. The summed E-state index contributed by atoms with van der Waals surface area (Å²) in [7, 11) is 1.23. The van der Waals surface area contributed by atoms with E-state index in [1.54, 1.807) is 29.2 Å². The molecule has 0 radical (unpaired) electrons. The monoisotopic (exact) mass is 461 g/mol. The highest BCUT2D eigenvalue weighted by molar-refractivity contribution is 6.04. The second kappa shape index (κ2) is 11.1. The minimum Gasteiger partial charge on any atom is -0.462 e. The van der Waals surface area contributed by atoms with Crippen LogP contribution in [0.4, 0.5) is 15.3 Å². The Bertz CT molecular complexity index is 867. The summed E-state index contributed by atoms with van der Waals surface area (Å²) in [5.74, 6) is -0.298. The van der Waals surface area contributed by atoms with E-state index in [1.807, 2.05) is 13.8 Å². The molecule has 1 atom stereocenters. The van der Waals surface area contributed by atoms with E-state index in [2.05, 4.69) is 19.9 Å². The van der Waals surface area contributed by atoms with Gasteiger partial charge in [-0.3, -0.25) is 30.2 Å². The number of alkyl carbamates (subject to hydrolysis) is 1. The van der Waals surface area contributed by atoms with Gasteiger partial charge in [0.25, 0.3) is 0 Å². The van der Waals surface area contributed by atoms with Crippen molar-refractivity contribution in [2.75, 3.05) is 57.8 Å². The third kappa shape index (κ3) is 6.90. The van der Waals surface area contributed by atoms with Crippen molar-refractivity contribution in [1.29, 1.82) is 5.41 Å². The molecule has 180 valence electrons. The van der Waals surface area contributed by atoms with Gasteiger partial charge in [0.1, 0.15) is 11.9 Å². The summed E-state index contributed by atoms with van der Waals surface area (Å²) < 4.78 is 15.2. The molecule has 2 aliphatic heterocycles. The van der Waals surface area contributed by atoms with E-state index in [0.29, 0.717) is 30.9 Å². The topological polar surface area (TPSA) is 124 Å². The molecular weight excluding hydrogens is 430 g/mol. The number of amidine groups is 1. The van der Waals surface area contributed by atoms with E-state index in [9.17, 15) is 14.4 Å². The third-order valence-corrected chi connectivity index (χ3v) is 5.40. The number of methoxy groups -OCH3 is 1. The molecule has 3 rings (SSSR count). The van der Waals surface area contributed by atoms with E-state index in [0.717, 1.165) is 26.2 Å². The van der Waals surface area contributed by atoms with Crippen LogP contribution in [0.25, 0.3) is 0 Å². The average Bonchev–Trinajstić information content (AvgIpc) is 3.14. The summed E-state index contributed by atoms with van der Waals surface area (Å²) in [5.41, 5.74) is 1.15. The van der Waals surface area contributed by atoms with Crippen molar-refractivity contribution >= 4 is 29.7 Å². The number of cyclic esters (lactones) is 1. The number of carbonyl (C=O) groups excluding carboxylic acids is 3. The molecule has 2 N–H and O–H groups in total. The fraction of sp³-hybridized carbons (Fsp3) is 0.545. The quantitative estimate of drug-likeness (QED) is 0.269. The van der Waals surface area contributed by atoms with Gasteiger partial charge < -0.3 is 14.2 Å². The highest BCUT2D eigenvalue weighted by Gasteiger charge is 2.34. The number of anilines is 1. The first-order chi connectivity index (χ1) is 15.7. The maximum atomic E-state index is 12.4. The standard InChI is InChI=1S/C22H31N5O6/c1-15(2)32-19(28)14-26-10-8-25(9-11-26)12-18-13-27(22(30)33-18)17-6-4-16(5-7-17)20(23)24-21(29)31-3/h4-7,15,18H,8-14H2,1-3H3,(H2,23,24,29). The molecule has 33 heavy (non-hydrogen) atoms. The molecule has 2 amide bonds. The molecule has 0 aliphatic carbocycles. The van der Waals surface area contributed by atoms with Crippen molar-refractivity contribution in [3.63, 3.8) is 0 Å². The van der Waals surface area contributed by atoms with Crippen LogP contribution in [-0.4, -0.2) is 98.9 Å². The first kappa shape index (κ1) is 24.5. The van der Waals surface area contributed by atoms with E-state index in [4.69, 9.17) is 14.9 Å². The zero-order chi connectivity index (χ0) is 24.0. The molecule has 11 nitrogen and oxygen atoms in total. The number of nitrogens with one attached hydrogen (secondary N) is 2. The summed E-state index contributed by atoms with van der Waals surface area (Å²) >= 11 is 0. The van der Waals surface area contributed by atoms with E-state index < -0.39 is 12.2 Å². The van der Waals surface area contributed by atoms with Crippen molar-refractivity contribution in [3.8, 4) is 0 Å². The van der Waals surface area contributed by atoms with Crippen LogP contribution in [0.2, 0.25) is 0 Å². The molecule has 0 saturated carbocycles. The molecule has 1 aromatic rings. The highest BCUT2D eigenvalue weighted by Crippen LogP contribution is 2.23. The number of nitrogens with zero attached hydrogens (tertiary/aromatic N) is 3. The SMILES string of the molecule is COC(=O)NC(=N)c1ccc(N2CC(CN3CCN(CC(=O)OC(C)C)CC3)OC2=O)cc1. The van der Waals surface area contributed by atoms with Gasteiger partial charge in [0.2, 0.25) is 0 Å². The number of carbonyl (C=O) groups is 3. The van der Waals surface area contributed by atoms with E-state index in [-0.39, 0.29) is 24.0 Å². The molecule has 2 saturated heterocycles. The Morgan fingerprint density at radius 2 is 1.79 bits per heavy atom. The molecule has 0 spiro atoms. The van der Waals surface area contributed by atoms with Gasteiger partial charge in [0.15, 0.2) is 0 Å². The number of amides is 2. The Kier molecular flexibility index (Phi) is 8.23. The van der Waals surface area contributed by atoms with Gasteiger partial charge in [0.05, 0.1) is 26.3 Å². The summed E-state index contributed by atoms with van der Waals surface area (Å²) in [6, 6.07) is 6.72. The zero-order valence-corrected chi connectivity index (χ0v) is 19.2. The number of esters is 1. The lowest BCUT2D eigenvalue weighted by Gasteiger charge is -2.34. The maximum Gasteiger partial charge on any atom is 0.414 e. The Hall–Kier alpha value is -3.18. The Morgan fingerprint density at radius 3 is 2.39 bits per heavy atom. The first-order valence-electron chi connectivity index (χ1n) is 10.9. The van der Waals surface area contributed by atoms with Crippen molar-refractivity contribution in [2.24, 2.45) is 0 Å². The molecule has 1 aromatic carbocycles. The fourth-order valence-corrected chi connectivity index (χ4v) is 3.76. The number of benzene rings is 1. The largest absolute Gasteiger partial charge is 0.462 e. The Morgan fingerprint density at radius 1 is 1.15 bits per heavy atom. The second-order valence-electron chi connectivity index (χ2n) is 8.27. The minimum absolute atomic E-state index is 0.0908. The van der Waals surface area contributed by atoms with Gasteiger partial charge in [-0.1, -0.05) is 0 Å². The van der Waals surface area contributed by atoms with Gasteiger partial charge in [-0.2, -0.15) is 0 Å². The summed E-state index contributed by atoms with van der Waals surface area (Å²) in [5, 5.41) is 10.2. The highest BCUT2D eigenvalue weighted by atomic mass is 16.6. The van der Waals surface area contributed by atoms with E-state index >= 15 is 0 Å². The molecule has 2 heterocycles. The van der Waals surface area contributed by atoms with Crippen LogP contribution in [0.1, 0.15) is 19.4 Å². The van der Waals surface area contributed by atoms with Crippen LogP contribution >= 0.6 is 0 Å². The number of ether oxygens (including phenoxy) is 3. The predicted molar refractivity (Wildman–Crippen MR) is 121 cm³/mol.